The lowest BCUT2D eigenvalue weighted by molar-refractivity contribution is 0.0758. The van der Waals surface area contributed by atoms with Gasteiger partial charge in [-0.2, -0.15) is 0 Å². The van der Waals surface area contributed by atoms with Gasteiger partial charge in [0.2, 0.25) is 0 Å². The number of fused-ring (bicyclic) bond motifs is 1. The van der Waals surface area contributed by atoms with Crippen molar-refractivity contribution in [3.8, 4) is 0 Å². The third-order valence-corrected chi connectivity index (χ3v) is 6.82. The summed E-state index contributed by atoms with van der Waals surface area (Å²) >= 11 is 7.79. The van der Waals surface area contributed by atoms with Crippen LogP contribution in [0.5, 0.6) is 0 Å². The van der Waals surface area contributed by atoms with Crippen LogP contribution in [-0.2, 0) is 7.05 Å². The molecule has 0 unspecified atom stereocenters. The van der Waals surface area contributed by atoms with Crippen molar-refractivity contribution in [2.45, 2.75) is 23.0 Å². The number of imidazole rings is 1. The number of halogens is 3. The number of hydrogen-bond acceptors (Lipinski definition) is 5. The molecule has 2 aliphatic rings. The van der Waals surface area contributed by atoms with Gasteiger partial charge in [0.05, 0.1) is 10.6 Å². The Bertz CT molecular complexity index is 804. The van der Waals surface area contributed by atoms with Gasteiger partial charge in [0.1, 0.15) is 5.03 Å². The van der Waals surface area contributed by atoms with Crippen molar-refractivity contribution in [2.75, 3.05) is 26.2 Å². The predicted octanol–water partition coefficient (Wildman–Crippen LogP) is 3.53. The smallest absolute Gasteiger partial charge is 0.255 e. The highest BCUT2D eigenvalue weighted by atomic mass is 35.5. The third kappa shape index (κ3) is 4.94. The quantitative estimate of drug-likeness (QED) is 0.753. The molecule has 1 amide bonds. The first-order valence-electron chi connectivity index (χ1n) is 8.92. The molecule has 2 saturated heterocycles. The van der Waals surface area contributed by atoms with Crippen LogP contribution in [0.1, 0.15) is 23.2 Å². The molecule has 4 heterocycles. The minimum absolute atomic E-state index is 0. The number of amides is 1. The lowest BCUT2D eigenvalue weighted by Crippen LogP contribution is -2.32. The van der Waals surface area contributed by atoms with E-state index in [1.807, 2.05) is 22.7 Å². The van der Waals surface area contributed by atoms with Crippen LogP contribution in [0.25, 0.3) is 0 Å². The summed E-state index contributed by atoms with van der Waals surface area (Å²) in [5, 5.41) is 5.42. The van der Waals surface area contributed by atoms with Gasteiger partial charge in [0.25, 0.3) is 5.91 Å². The lowest BCUT2D eigenvalue weighted by atomic mass is 9.92. The largest absolute Gasteiger partial charge is 0.339 e. The summed E-state index contributed by atoms with van der Waals surface area (Å²) in [4.78, 5) is 23.5. The van der Waals surface area contributed by atoms with E-state index >= 15 is 0 Å². The summed E-state index contributed by atoms with van der Waals surface area (Å²) in [6, 6.07) is 1.73. The predicted molar refractivity (Wildman–Crippen MR) is 116 cm³/mol. The fourth-order valence-corrected chi connectivity index (χ4v) is 4.79. The van der Waals surface area contributed by atoms with Crippen LogP contribution >= 0.6 is 48.2 Å². The van der Waals surface area contributed by atoms with Gasteiger partial charge in [-0.15, -0.1) is 24.8 Å². The monoisotopic (exact) mass is 463 g/mol. The molecule has 0 spiro atoms. The van der Waals surface area contributed by atoms with Crippen molar-refractivity contribution in [1.82, 2.24) is 24.8 Å². The average Bonchev–Trinajstić information content (AvgIpc) is 3.20. The fourth-order valence-electron chi connectivity index (χ4n) is 3.76. The maximum absolute atomic E-state index is 12.9. The normalized spacial score (nSPS) is 21.3. The Balaban J connectivity index is 0.00000140. The molecule has 2 atom stereocenters. The molecular weight excluding hydrogens is 441 g/mol. The van der Waals surface area contributed by atoms with Crippen LogP contribution < -0.4 is 5.32 Å². The average molecular weight is 465 g/mol. The maximum atomic E-state index is 12.9. The molecule has 10 heteroatoms. The molecule has 2 fully saturated rings. The van der Waals surface area contributed by atoms with Gasteiger partial charge in [0, 0.05) is 38.7 Å². The van der Waals surface area contributed by atoms with E-state index in [2.05, 4.69) is 15.3 Å². The Morgan fingerprint density at radius 2 is 1.89 bits per heavy atom. The van der Waals surface area contributed by atoms with E-state index in [9.17, 15) is 4.79 Å². The number of carbonyl (C=O) groups is 1. The minimum atomic E-state index is 0. The van der Waals surface area contributed by atoms with Gasteiger partial charge in [-0.25, -0.2) is 9.97 Å². The summed E-state index contributed by atoms with van der Waals surface area (Å²) in [5.74, 6) is 1.43. The standard InChI is InChI=1S/C18H22ClN5OS.2ClH/c1-23-7-4-21-18(23)26-16-15(19)8-14(11-22-16)17(25)24-5-2-12-9-20-10-13(12)3-6-24;;/h4,7-8,11-13,20H,2-3,5-6,9-10H2,1H3;2*1H/t12-,13+;;. The fraction of sp³-hybridized carbons (Fsp3) is 0.500. The molecule has 0 saturated carbocycles. The van der Waals surface area contributed by atoms with Gasteiger partial charge in [-0.05, 0) is 55.6 Å². The molecule has 6 nitrogen and oxygen atoms in total. The number of aromatic nitrogens is 3. The second kappa shape index (κ2) is 10.2. The second-order valence-electron chi connectivity index (χ2n) is 6.98. The summed E-state index contributed by atoms with van der Waals surface area (Å²) in [7, 11) is 1.92. The summed E-state index contributed by atoms with van der Waals surface area (Å²) < 4.78 is 1.91. The molecule has 154 valence electrons. The van der Waals surface area contributed by atoms with Crippen LogP contribution in [0.15, 0.2) is 34.8 Å². The Morgan fingerprint density at radius 3 is 2.46 bits per heavy atom. The van der Waals surface area contributed by atoms with E-state index in [1.54, 1.807) is 18.5 Å². The summed E-state index contributed by atoms with van der Waals surface area (Å²) in [5.41, 5.74) is 0.560. The van der Waals surface area contributed by atoms with E-state index in [4.69, 9.17) is 11.6 Å². The highest BCUT2D eigenvalue weighted by molar-refractivity contribution is 7.99. The number of nitrogens with one attached hydrogen (secondary N) is 1. The van der Waals surface area contributed by atoms with E-state index in [1.165, 1.54) is 11.8 Å². The maximum Gasteiger partial charge on any atom is 0.255 e. The SMILES string of the molecule is Cl.Cl.Cn1ccnc1Sc1ncc(C(=O)N2CC[C@@H]3CNC[C@@H]3CC2)cc1Cl. The van der Waals surface area contributed by atoms with Gasteiger partial charge < -0.3 is 14.8 Å². The first kappa shape index (κ1) is 23.3. The van der Waals surface area contributed by atoms with Gasteiger partial charge in [-0.3, -0.25) is 4.79 Å². The Morgan fingerprint density at radius 1 is 1.21 bits per heavy atom. The summed E-state index contributed by atoms with van der Waals surface area (Å²) in [6.45, 7) is 3.78. The number of nitrogens with zero attached hydrogens (tertiary/aromatic N) is 4. The Kier molecular flexibility index (Phi) is 8.45. The second-order valence-corrected chi connectivity index (χ2v) is 8.34. The minimum Gasteiger partial charge on any atom is -0.339 e. The zero-order valence-electron chi connectivity index (χ0n) is 15.5. The molecule has 0 bridgehead atoms. The lowest BCUT2D eigenvalue weighted by Gasteiger charge is -2.21. The van der Waals surface area contributed by atoms with Crippen molar-refractivity contribution in [2.24, 2.45) is 18.9 Å². The number of aryl methyl sites for hydroxylation is 1. The third-order valence-electron chi connectivity index (χ3n) is 5.33. The van der Waals surface area contributed by atoms with E-state index in [0.29, 0.717) is 27.4 Å². The van der Waals surface area contributed by atoms with Crippen LogP contribution in [-0.4, -0.2) is 51.5 Å². The number of hydrogen-bond donors (Lipinski definition) is 1. The van der Waals surface area contributed by atoms with E-state index in [0.717, 1.165) is 44.2 Å². The topological polar surface area (TPSA) is 63.1 Å². The molecule has 2 aromatic heterocycles. The summed E-state index contributed by atoms with van der Waals surface area (Å²) in [6.07, 6.45) is 7.37. The van der Waals surface area contributed by atoms with Crippen molar-refractivity contribution in [3.63, 3.8) is 0 Å². The van der Waals surface area contributed by atoms with E-state index in [-0.39, 0.29) is 30.7 Å². The molecule has 2 aliphatic heterocycles. The van der Waals surface area contributed by atoms with Gasteiger partial charge >= 0.3 is 0 Å². The molecular formula is C18H24Cl3N5OS. The van der Waals surface area contributed by atoms with Crippen LogP contribution in [0, 0.1) is 11.8 Å². The molecule has 28 heavy (non-hydrogen) atoms. The number of pyridine rings is 1. The van der Waals surface area contributed by atoms with Crippen molar-refractivity contribution in [1.29, 1.82) is 0 Å². The van der Waals surface area contributed by atoms with Crippen molar-refractivity contribution < 1.29 is 4.79 Å². The molecule has 0 radical (unpaired) electrons. The van der Waals surface area contributed by atoms with Crippen LogP contribution in [0.2, 0.25) is 5.02 Å². The molecule has 0 aliphatic carbocycles. The Hall–Kier alpha value is -0.990. The van der Waals surface area contributed by atoms with Crippen LogP contribution in [0.3, 0.4) is 0 Å². The Labute approximate surface area is 186 Å². The first-order valence-corrected chi connectivity index (χ1v) is 10.1. The zero-order valence-corrected chi connectivity index (χ0v) is 18.7. The van der Waals surface area contributed by atoms with E-state index < -0.39 is 0 Å². The zero-order chi connectivity index (χ0) is 18.1. The highest BCUT2D eigenvalue weighted by Gasteiger charge is 2.31. The number of rotatable bonds is 3. The number of carbonyl (C=O) groups excluding carboxylic acids is 1. The molecule has 4 rings (SSSR count). The molecule has 2 aromatic rings. The molecule has 1 N–H and O–H groups in total. The van der Waals surface area contributed by atoms with Gasteiger partial charge in [-0.1, -0.05) is 11.6 Å². The van der Waals surface area contributed by atoms with Gasteiger partial charge in [0.15, 0.2) is 5.16 Å². The van der Waals surface area contributed by atoms with Crippen molar-refractivity contribution in [3.05, 3.63) is 35.2 Å². The van der Waals surface area contributed by atoms with Crippen molar-refractivity contribution >= 4 is 54.1 Å². The molecule has 0 aromatic carbocycles. The van der Waals surface area contributed by atoms with Crippen LogP contribution in [0.4, 0.5) is 0 Å². The highest BCUT2D eigenvalue weighted by Crippen LogP contribution is 2.31. The first-order chi connectivity index (χ1) is 12.6. The number of likely N-dealkylation sites (tertiary alicyclic amines) is 1.